The predicted molar refractivity (Wildman–Crippen MR) is 75.1 cm³/mol. The molecule has 0 spiro atoms. The van der Waals surface area contributed by atoms with Crippen LogP contribution in [0.1, 0.15) is 24.8 Å². The van der Waals surface area contributed by atoms with E-state index in [0.717, 1.165) is 18.4 Å². The molecule has 1 aromatic rings. The molecule has 0 heterocycles. The number of nitrogens with zero attached hydrogens (tertiary/aromatic N) is 1. The summed E-state index contributed by atoms with van der Waals surface area (Å²) in [6, 6.07) is 7.55. The highest BCUT2D eigenvalue weighted by molar-refractivity contribution is 5.32. The van der Waals surface area contributed by atoms with Gasteiger partial charge in [0.2, 0.25) is 0 Å². The summed E-state index contributed by atoms with van der Waals surface area (Å²) >= 11 is 0. The molecule has 1 aliphatic carbocycles. The average molecular weight is 302 g/mol. The second-order valence-electron chi connectivity index (χ2n) is 5.33. The summed E-state index contributed by atoms with van der Waals surface area (Å²) in [7, 11) is 0. The van der Waals surface area contributed by atoms with Crippen molar-refractivity contribution in [3.05, 3.63) is 29.8 Å². The Hall–Kier alpha value is -1.27. The maximum absolute atomic E-state index is 12.5. The Morgan fingerprint density at radius 2 is 1.95 bits per heavy atom. The van der Waals surface area contributed by atoms with E-state index in [1.54, 1.807) is 0 Å². The number of hydrogen-bond acceptors (Lipinski definition) is 3. The molecule has 1 saturated carbocycles. The van der Waals surface area contributed by atoms with Crippen molar-refractivity contribution in [2.45, 2.75) is 38.0 Å². The normalized spacial score (nSPS) is 15.5. The van der Waals surface area contributed by atoms with Gasteiger partial charge in [0.05, 0.1) is 13.2 Å². The quantitative estimate of drug-likeness (QED) is 0.750. The van der Waals surface area contributed by atoms with Crippen LogP contribution in [0.25, 0.3) is 0 Å². The highest BCUT2D eigenvalue weighted by Crippen LogP contribution is 2.30. The van der Waals surface area contributed by atoms with Crippen LogP contribution in [0.5, 0.6) is 5.75 Å². The van der Waals surface area contributed by atoms with Crippen LogP contribution in [0.15, 0.2) is 24.3 Å². The Bertz CT molecular complexity index is 447. The average Bonchev–Trinajstić information content (AvgIpc) is 3.26. The predicted octanol–water partition coefficient (Wildman–Crippen LogP) is 2.94. The number of alkyl halides is 3. The lowest BCUT2D eigenvalue weighted by molar-refractivity contribution is -0.147. The van der Waals surface area contributed by atoms with Crippen LogP contribution in [0.4, 0.5) is 13.2 Å². The van der Waals surface area contributed by atoms with Crippen molar-refractivity contribution in [1.29, 1.82) is 0 Å². The van der Waals surface area contributed by atoms with Gasteiger partial charge in [0, 0.05) is 24.7 Å². The summed E-state index contributed by atoms with van der Waals surface area (Å²) in [4.78, 5) is 1.51. The molecule has 0 saturated heterocycles. The van der Waals surface area contributed by atoms with E-state index in [0.29, 0.717) is 31.9 Å². The molecule has 2 N–H and O–H groups in total. The molecular formula is C15H21F3N2O. The SMILES string of the molecule is NCc1ccccc1OCCCN(CC(F)(F)F)C1CC1. The molecule has 1 aliphatic rings. The number of rotatable bonds is 8. The Balaban J connectivity index is 1.75. The van der Waals surface area contributed by atoms with E-state index >= 15 is 0 Å². The van der Waals surface area contributed by atoms with Crippen molar-refractivity contribution in [1.82, 2.24) is 4.90 Å². The molecule has 0 amide bonds. The highest BCUT2D eigenvalue weighted by atomic mass is 19.4. The van der Waals surface area contributed by atoms with E-state index in [1.165, 1.54) is 4.90 Å². The fraction of sp³-hybridized carbons (Fsp3) is 0.600. The fourth-order valence-corrected chi connectivity index (χ4v) is 2.32. The van der Waals surface area contributed by atoms with E-state index in [4.69, 9.17) is 10.5 Å². The molecule has 0 aromatic heterocycles. The highest BCUT2D eigenvalue weighted by Gasteiger charge is 2.37. The number of halogens is 3. The molecule has 0 atom stereocenters. The van der Waals surface area contributed by atoms with Crippen LogP contribution in [0.3, 0.4) is 0 Å². The first-order chi connectivity index (χ1) is 9.99. The Morgan fingerprint density at radius 3 is 2.57 bits per heavy atom. The molecule has 3 nitrogen and oxygen atoms in total. The summed E-state index contributed by atoms with van der Waals surface area (Å²) in [6.45, 7) is 0.378. The number of para-hydroxylation sites is 1. The number of ether oxygens (including phenoxy) is 1. The lowest BCUT2D eigenvalue weighted by Gasteiger charge is -2.23. The van der Waals surface area contributed by atoms with E-state index in [9.17, 15) is 13.2 Å². The van der Waals surface area contributed by atoms with E-state index in [1.807, 2.05) is 24.3 Å². The third-order valence-corrected chi connectivity index (χ3v) is 3.49. The fourth-order valence-electron chi connectivity index (χ4n) is 2.32. The van der Waals surface area contributed by atoms with Gasteiger partial charge >= 0.3 is 6.18 Å². The van der Waals surface area contributed by atoms with Crippen LogP contribution < -0.4 is 10.5 Å². The first kappa shape index (κ1) is 16.1. The Kier molecular flexibility index (Phi) is 5.47. The van der Waals surface area contributed by atoms with Gasteiger partial charge in [-0.15, -0.1) is 0 Å². The third-order valence-electron chi connectivity index (χ3n) is 3.49. The van der Waals surface area contributed by atoms with Crippen molar-refractivity contribution >= 4 is 0 Å². The summed E-state index contributed by atoms with van der Waals surface area (Å²) < 4.78 is 43.1. The molecule has 1 fully saturated rings. The zero-order valence-corrected chi connectivity index (χ0v) is 11.9. The summed E-state index contributed by atoms with van der Waals surface area (Å²) in [6.07, 6.45) is -1.82. The van der Waals surface area contributed by atoms with Gasteiger partial charge in [0.25, 0.3) is 0 Å². The first-order valence-electron chi connectivity index (χ1n) is 7.21. The van der Waals surface area contributed by atoms with Crippen LogP contribution in [-0.4, -0.2) is 36.8 Å². The summed E-state index contributed by atoms with van der Waals surface area (Å²) in [5.74, 6) is 0.716. The maximum Gasteiger partial charge on any atom is 0.401 e. The Labute approximate surface area is 122 Å². The van der Waals surface area contributed by atoms with Gasteiger partial charge in [-0.2, -0.15) is 13.2 Å². The van der Waals surface area contributed by atoms with Gasteiger partial charge in [0.15, 0.2) is 0 Å². The minimum absolute atomic E-state index is 0.1000. The minimum Gasteiger partial charge on any atom is -0.493 e. The van der Waals surface area contributed by atoms with Crippen molar-refractivity contribution < 1.29 is 17.9 Å². The van der Waals surface area contributed by atoms with Crippen LogP contribution in [0.2, 0.25) is 0 Å². The lowest BCUT2D eigenvalue weighted by Crippen LogP contribution is -2.37. The van der Waals surface area contributed by atoms with Gasteiger partial charge in [-0.1, -0.05) is 18.2 Å². The minimum atomic E-state index is -4.13. The molecule has 2 rings (SSSR count). The monoisotopic (exact) mass is 302 g/mol. The summed E-state index contributed by atoms with van der Waals surface area (Å²) in [5.41, 5.74) is 6.52. The van der Waals surface area contributed by atoms with Crippen LogP contribution in [0, 0.1) is 0 Å². The maximum atomic E-state index is 12.5. The van der Waals surface area contributed by atoms with Gasteiger partial charge in [-0.25, -0.2) is 0 Å². The standard InChI is InChI=1S/C15H21F3N2O/c16-15(17,18)11-20(13-6-7-13)8-3-9-21-14-5-2-1-4-12(14)10-19/h1-2,4-5,13H,3,6-11,19H2. The number of benzene rings is 1. The second-order valence-corrected chi connectivity index (χ2v) is 5.33. The zero-order chi connectivity index (χ0) is 15.3. The summed E-state index contributed by atoms with van der Waals surface area (Å²) in [5, 5.41) is 0. The molecular weight excluding hydrogens is 281 g/mol. The topological polar surface area (TPSA) is 38.5 Å². The van der Waals surface area contributed by atoms with Gasteiger partial charge in [-0.05, 0) is 25.3 Å². The number of hydrogen-bond donors (Lipinski definition) is 1. The van der Waals surface area contributed by atoms with Gasteiger partial charge in [0.1, 0.15) is 5.75 Å². The molecule has 0 radical (unpaired) electrons. The van der Waals surface area contributed by atoms with E-state index in [-0.39, 0.29) is 6.04 Å². The van der Waals surface area contributed by atoms with Crippen molar-refractivity contribution in [3.63, 3.8) is 0 Å². The van der Waals surface area contributed by atoms with Gasteiger partial charge in [-0.3, -0.25) is 4.90 Å². The largest absolute Gasteiger partial charge is 0.493 e. The van der Waals surface area contributed by atoms with Crippen LogP contribution in [-0.2, 0) is 6.54 Å². The van der Waals surface area contributed by atoms with Crippen molar-refractivity contribution in [2.75, 3.05) is 19.7 Å². The van der Waals surface area contributed by atoms with Crippen molar-refractivity contribution in [2.24, 2.45) is 5.73 Å². The van der Waals surface area contributed by atoms with Crippen LogP contribution >= 0.6 is 0 Å². The van der Waals surface area contributed by atoms with E-state index < -0.39 is 12.7 Å². The molecule has 6 heteroatoms. The van der Waals surface area contributed by atoms with E-state index in [2.05, 4.69) is 0 Å². The molecule has 0 bridgehead atoms. The molecule has 1 aromatic carbocycles. The van der Waals surface area contributed by atoms with Gasteiger partial charge < -0.3 is 10.5 Å². The second kappa shape index (κ2) is 7.13. The smallest absolute Gasteiger partial charge is 0.401 e. The Morgan fingerprint density at radius 1 is 1.24 bits per heavy atom. The van der Waals surface area contributed by atoms with Crippen molar-refractivity contribution in [3.8, 4) is 5.75 Å². The first-order valence-corrected chi connectivity index (χ1v) is 7.21. The third kappa shape index (κ3) is 5.55. The molecule has 0 unspecified atom stereocenters. The molecule has 21 heavy (non-hydrogen) atoms. The lowest BCUT2D eigenvalue weighted by atomic mass is 10.2. The zero-order valence-electron chi connectivity index (χ0n) is 11.9. The molecule has 118 valence electrons. The number of nitrogens with two attached hydrogens (primary N) is 1. The molecule has 0 aliphatic heterocycles.